The van der Waals surface area contributed by atoms with Gasteiger partial charge in [-0.1, -0.05) is 91.0 Å². The van der Waals surface area contributed by atoms with Gasteiger partial charge in [-0.25, -0.2) is 0 Å². The molecule has 126 valence electrons. The van der Waals surface area contributed by atoms with Gasteiger partial charge in [0.05, 0.1) is 0 Å². The minimum absolute atomic E-state index is 0. The Morgan fingerprint density at radius 2 is 0.875 bits per heavy atom. The summed E-state index contributed by atoms with van der Waals surface area (Å²) >= 11 is 0. The molecule has 0 N–H and O–H groups in total. The number of carbonyl (C=O) groups excluding carboxylic acids is 1. The Balaban J connectivity index is 0.000000522. The first kappa shape index (κ1) is 20.1. The van der Waals surface area contributed by atoms with Crippen molar-refractivity contribution in [3.8, 4) is 0 Å². The van der Waals surface area contributed by atoms with Gasteiger partial charge in [-0.3, -0.25) is 0 Å². The Morgan fingerprint density at radius 1 is 0.667 bits per heavy atom. The molecule has 0 atom stereocenters. The van der Waals surface area contributed by atoms with Crippen molar-refractivity contribution in [1.29, 1.82) is 0 Å². The van der Waals surface area contributed by atoms with Gasteiger partial charge in [-0.2, -0.15) is 0 Å². The first-order chi connectivity index (χ1) is 11.2. The molecule has 0 spiro atoms. The van der Waals surface area contributed by atoms with Crippen LogP contribution in [0.1, 0.15) is 6.92 Å². The first-order valence-electron chi connectivity index (χ1n) is 7.31. The number of carbonyl (C=O) groups is 1. The molecular formula is C20H18CuO2P. The summed E-state index contributed by atoms with van der Waals surface area (Å²) in [6.45, 7) is 0.972. The normalized spacial score (nSPS) is 9.42. The second kappa shape index (κ2) is 10.8. The van der Waals surface area contributed by atoms with E-state index in [1.54, 1.807) is 0 Å². The van der Waals surface area contributed by atoms with Crippen LogP contribution in [0.25, 0.3) is 0 Å². The Morgan fingerprint density at radius 3 is 1.08 bits per heavy atom. The predicted octanol–water partition coefficient (Wildman–Crippen LogP) is 2.20. The van der Waals surface area contributed by atoms with Crippen LogP contribution in [0.5, 0.6) is 0 Å². The smallest absolute Gasteiger partial charge is 0.550 e. The van der Waals surface area contributed by atoms with E-state index in [0.29, 0.717) is 0 Å². The van der Waals surface area contributed by atoms with E-state index in [0.717, 1.165) is 6.92 Å². The standard InChI is InChI=1S/C18H15P.C2H4O2.Cu/c1-4-10-16(11-5-1)19(17-12-6-2-7-13-17)18-14-8-3-9-15-18;1-2(3)4;/h1-15H;1H3,(H,3,4);/q;;+1/p-1. The second-order valence-electron chi connectivity index (χ2n) is 4.83. The number of aliphatic carboxylic acids is 1. The molecule has 0 saturated carbocycles. The Hall–Kier alpha value is -1.92. The molecule has 0 heterocycles. The molecule has 0 saturated heterocycles. The van der Waals surface area contributed by atoms with Crippen LogP contribution in [-0.2, 0) is 21.9 Å². The number of benzene rings is 3. The van der Waals surface area contributed by atoms with Crippen LogP contribution in [0.15, 0.2) is 91.0 Å². The van der Waals surface area contributed by atoms with Crippen molar-refractivity contribution in [2.45, 2.75) is 6.92 Å². The van der Waals surface area contributed by atoms with Crippen LogP contribution in [0, 0.1) is 0 Å². The third kappa shape index (κ3) is 6.29. The van der Waals surface area contributed by atoms with Crippen LogP contribution in [0.2, 0.25) is 0 Å². The fourth-order valence-corrected chi connectivity index (χ4v) is 4.48. The van der Waals surface area contributed by atoms with Gasteiger partial charge in [-0.15, -0.1) is 0 Å². The summed E-state index contributed by atoms with van der Waals surface area (Å²) in [5.41, 5.74) is 0. The molecule has 3 aromatic carbocycles. The molecule has 0 amide bonds. The van der Waals surface area contributed by atoms with E-state index < -0.39 is 13.9 Å². The van der Waals surface area contributed by atoms with Crippen LogP contribution < -0.4 is 21.0 Å². The van der Waals surface area contributed by atoms with Crippen molar-refractivity contribution < 1.29 is 27.0 Å². The van der Waals surface area contributed by atoms with E-state index in [-0.39, 0.29) is 17.1 Å². The molecule has 0 aliphatic rings. The van der Waals surface area contributed by atoms with Gasteiger partial charge in [-0.05, 0) is 30.8 Å². The molecular weight excluding hydrogens is 367 g/mol. The van der Waals surface area contributed by atoms with Crippen molar-refractivity contribution in [3.63, 3.8) is 0 Å². The predicted molar refractivity (Wildman–Crippen MR) is 95.8 cm³/mol. The molecule has 0 aliphatic heterocycles. The number of rotatable bonds is 3. The molecule has 0 radical (unpaired) electrons. The largest absolute Gasteiger partial charge is 1.00 e. The van der Waals surface area contributed by atoms with Gasteiger partial charge in [0, 0.05) is 5.97 Å². The molecule has 2 nitrogen and oxygen atoms in total. The molecule has 0 unspecified atom stereocenters. The first-order valence-corrected chi connectivity index (χ1v) is 8.65. The molecule has 0 fully saturated rings. The number of hydrogen-bond acceptors (Lipinski definition) is 2. The van der Waals surface area contributed by atoms with Crippen molar-refractivity contribution in [3.05, 3.63) is 91.0 Å². The molecule has 24 heavy (non-hydrogen) atoms. The van der Waals surface area contributed by atoms with Crippen LogP contribution >= 0.6 is 7.92 Å². The van der Waals surface area contributed by atoms with E-state index >= 15 is 0 Å². The Labute approximate surface area is 154 Å². The van der Waals surface area contributed by atoms with Crippen molar-refractivity contribution in [2.75, 3.05) is 0 Å². The average molecular weight is 385 g/mol. The Kier molecular flexibility index (Phi) is 9.04. The molecule has 3 rings (SSSR count). The third-order valence-electron chi connectivity index (χ3n) is 3.04. The zero-order valence-corrected chi connectivity index (χ0v) is 15.1. The summed E-state index contributed by atoms with van der Waals surface area (Å²) in [6, 6.07) is 32.3. The maximum atomic E-state index is 8.89. The third-order valence-corrected chi connectivity index (χ3v) is 5.49. The van der Waals surface area contributed by atoms with Crippen molar-refractivity contribution in [1.82, 2.24) is 0 Å². The zero-order valence-electron chi connectivity index (χ0n) is 13.2. The van der Waals surface area contributed by atoms with Gasteiger partial charge in [0.2, 0.25) is 0 Å². The monoisotopic (exact) mass is 384 g/mol. The quantitative estimate of drug-likeness (QED) is 0.513. The summed E-state index contributed by atoms with van der Waals surface area (Å²) in [6.07, 6.45) is 0. The van der Waals surface area contributed by atoms with Gasteiger partial charge in [0.1, 0.15) is 0 Å². The second-order valence-corrected chi connectivity index (χ2v) is 7.05. The van der Waals surface area contributed by atoms with E-state index in [1.165, 1.54) is 15.9 Å². The number of hydrogen-bond donors (Lipinski definition) is 0. The van der Waals surface area contributed by atoms with Gasteiger partial charge in [0.15, 0.2) is 0 Å². The topological polar surface area (TPSA) is 40.1 Å². The van der Waals surface area contributed by atoms with Gasteiger partial charge in [0.25, 0.3) is 0 Å². The van der Waals surface area contributed by atoms with E-state index in [2.05, 4.69) is 91.0 Å². The minimum atomic E-state index is -1.08. The van der Waals surface area contributed by atoms with E-state index in [1.807, 2.05) is 0 Å². The average Bonchev–Trinajstić information content (AvgIpc) is 2.58. The van der Waals surface area contributed by atoms with E-state index in [4.69, 9.17) is 9.90 Å². The summed E-state index contributed by atoms with van der Waals surface area (Å²) in [4.78, 5) is 8.89. The summed E-state index contributed by atoms with van der Waals surface area (Å²) in [7, 11) is -0.446. The van der Waals surface area contributed by atoms with Crippen LogP contribution in [-0.4, -0.2) is 5.97 Å². The zero-order chi connectivity index (χ0) is 16.5. The maximum Gasteiger partial charge on any atom is 1.00 e. The molecule has 4 heteroatoms. The van der Waals surface area contributed by atoms with Gasteiger partial charge >= 0.3 is 17.1 Å². The fraction of sp³-hybridized carbons (Fsp3) is 0.0500. The van der Waals surface area contributed by atoms with Crippen LogP contribution in [0.4, 0.5) is 0 Å². The molecule has 3 aromatic rings. The Bertz CT molecular complexity index is 620. The minimum Gasteiger partial charge on any atom is -0.550 e. The van der Waals surface area contributed by atoms with E-state index in [9.17, 15) is 0 Å². The summed E-state index contributed by atoms with van der Waals surface area (Å²) in [5.74, 6) is -1.08. The summed E-state index contributed by atoms with van der Waals surface area (Å²) < 4.78 is 0. The van der Waals surface area contributed by atoms with Crippen molar-refractivity contribution in [2.24, 2.45) is 0 Å². The van der Waals surface area contributed by atoms with Gasteiger partial charge < -0.3 is 9.90 Å². The molecule has 0 bridgehead atoms. The number of carboxylic acid groups (broad SMARTS) is 1. The fourth-order valence-electron chi connectivity index (χ4n) is 2.18. The SMILES string of the molecule is CC(=O)[O-].[Cu+].c1ccc(P(c2ccccc2)c2ccccc2)cc1. The number of carboxylic acids is 1. The van der Waals surface area contributed by atoms with Crippen LogP contribution in [0.3, 0.4) is 0 Å². The molecule has 0 aliphatic carbocycles. The summed E-state index contributed by atoms with van der Waals surface area (Å²) in [5, 5.41) is 13.1. The molecule has 0 aromatic heterocycles. The van der Waals surface area contributed by atoms with Crippen molar-refractivity contribution >= 4 is 29.8 Å². The maximum absolute atomic E-state index is 8.89.